The van der Waals surface area contributed by atoms with Gasteiger partial charge in [0.1, 0.15) is 11.3 Å². The smallest absolute Gasteiger partial charge is 0.410 e. The molecule has 0 spiro atoms. The Morgan fingerprint density at radius 1 is 1.35 bits per heavy atom. The van der Waals surface area contributed by atoms with E-state index in [-0.39, 0.29) is 24.0 Å². The molecule has 1 atom stereocenters. The van der Waals surface area contributed by atoms with Crippen LogP contribution in [0.15, 0.2) is 18.6 Å². The predicted octanol–water partition coefficient (Wildman–Crippen LogP) is 2.97. The van der Waals surface area contributed by atoms with Crippen LogP contribution in [-0.4, -0.2) is 63.0 Å². The fourth-order valence-corrected chi connectivity index (χ4v) is 3.06. The largest absolute Gasteiger partial charge is 0.444 e. The van der Waals surface area contributed by atoms with Gasteiger partial charge >= 0.3 is 6.09 Å². The molecule has 0 saturated carbocycles. The maximum absolute atomic E-state index is 12.6. The minimum Gasteiger partial charge on any atom is -0.444 e. The van der Waals surface area contributed by atoms with Gasteiger partial charge in [0.25, 0.3) is 5.91 Å². The first kappa shape index (κ1) is 20.1. The summed E-state index contributed by atoms with van der Waals surface area (Å²) in [5, 5.41) is 0. The Labute approximate surface area is 155 Å². The minimum atomic E-state index is -0.523. The molecular formula is C19H30N4O3. The molecule has 7 nitrogen and oxygen atoms in total. The molecule has 144 valence electrons. The Morgan fingerprint density at radius 3 is 2.65 bits per heavy atom. The third kappa shape index (κ3) is 5.68. The number of hydrogen-bond acceptors (Lipinski definition) is 5. The van der Waals surface area contributed by atoms with Crippen LogP contribution < -0.4 is 0 Å². The lowest BCUT2D eigenvalue weighted by molar-refractivity contribution is 0.0123. The summed E-state index contributed by atoms with van der Waals surface area (Å²) in [7, 11) is 0. The molecule has 1 unspecified atom stereocenters. The number of ether oxygens (including phenoxy) is 1. The van der Waals surface area contributed by atoms with Crippen LogP contribution in [0.3, 0.4) is 0 Å². The molecule has 0 radical (unpaired) electrons. The van der Waals surface area contributed by atoms with Gasteiger partial charge in [-0.2, -0.15) is 0 Å². The van der Waals surface area contributed by atoms with Gasteiger partial charge < -0.3 is 14.5 Å². The SMILES string of the molecule is CC(C)N(CC1CCCN(C(=O)c2cnccn2)C1)C(=O)OC(C)(C)C. The normalized spacial score (nSPS) is 17.9. The van der Waals surface area contributed by atoms with Gasteiger partial charge in [0.05, 0.1) is 6.20 Å². The van der Waals surface area contributed by atoms with Crippen molar-refractivity contribution in [1.29, 1.82) is 0 Å². The monoisotopic (exact) mass is 362 g/mol. The van der Waals surface area contributed by atoms with E-state index in [1.165, 1.54) is 12.4 Å². The van der Waals surface area contributed by atoms with Gasteiger partial charge in [-0.15, -0.1) is 0 Å². The van der Waals surface area contributed by atoms with Crippen LogP contribution in [-0.2, 0) is 4.74 Å². The van der Waals surface area contributed by atoms with Crippen molar-refractivity contribution in [3.8, 4) is 0 Å². The van der Waals surface area contributed by atoms with Crippen molar-refractivity contribution in [1.82, 2.24) is 19.8 Å². The van der Waals surface area contributed by atoms with Crippen molar-refractivity contribution in [2.45, 2.75) is 59.1 Å². The second-order valence-electron chi connectivity index (χ2n) is 8.08. The highest BCUT2D eigenvalue weighted by Gasteiger charge is 2.30. The average Bonchev–Trinajstić information content (AvgIpc) is 2.58. The maximum Gasteiger partial charge on any atom is 0.410 e. The van der Waals surface area contributed by atoms with E-state index in [1.54, 1.807) is 11.1 Å². The van der Waals surface area contributed by atoms with Crippen LogP contribution in [0.4, 0.5) is 4.79 Å². The first-order valence-corrected chi connectivity index (χ1v) is 9.22. The highest BCUT2D eigenvalue weighted by molar-refractivity contribution is 5.92. The molecule has 0 N–H and O–H groups in total. The summed E-state index contributed by atoms with van der Waals surface area (Å²) in [5.41, 5.74) is -0.161. The molecule has 1 saturated heterocycles. The van der Waals surface area contributed by atoms with Crippen molar-refractivity contribution < 1.29 is 14.3 Å². The molecule has 0 aliphatic carbocycles. The Kier molecular flexibility index (Phi) is 6.56. The van der Waals surface area contributed by atoms with Crippen LogP contribution in [0, 0.1) is 5.92 Å². The van der Waals surface area contributed by atoms with Crippen LogP contribution in [0.5, 0.6) is 0 Å². The Bertz CT molecular complexity index is 613. The number of hydrogen-bond donors (Lipinski definition) is 0. The van der Waals surface area contributed by atoms with Crippen molar-refractivity contribution in [3.05, 3.63) is 24.3 Å². The predicted molar refractivity (Wildman–Crippen MR) is 98.7 cm³/mol. The lowest BCUT2D eigenvalue weighted by atomic mass is 9.96. The molecule has 1 fully saturated rings. The number of carbonyl (C=O) groups is 2. The van der Waals surface area contributed by atoms with Crippen LogP contribution in [0.1, 0.15) is 57.9 Å². The molecule has 1 aliphatic heterocycles. The summed E-state index contributed by atoms with van der Waals surface area (Å²) in [4.78, 5) is 36.8. The number of amides is 2. The molecule has 7 heteroatoms. The van der Waals surface area contributed by atoms with Crippen molar-refractivity contribution in [3.63, 3.8) is 0 Å². The molecular weight excluding hydrogens is 332 g/mol. The summed E-state index contributed by atoms with van der Waals surface area (Å²) in [6, 6.07) is 0.0379. The molecule has 0 aromatic carbocycles. The molecule has 0 bridgehead atoms. The first-order valence-electron chi connectivity index (χ1n) is 9.22. The summed E-state index contributed by atoms with van der Waals surface area (Å²) in [5.74, 6) is 0.121. The molecule has 2 heterocycles. The lowest BCUT2D eigenvalue weighted by Gasteiger charge is -2.37. The maximum atomic E-state index is 12.6. The fourth-order valence-electron chi connectivity index (χ4n) is 3.06. The molecule has 1 aromatic rings. The first-order chi connectivity index (χ1) is 12.2. The highest BCUT2D eigenvalue weighted by atomic mass is 16.6. The van der Waals surface area contributed by atoms with Crippen molar-refractivity contribution in [2.75, 3.05) is 19.6 Å². The van der Waals surface area contributed by atoms with E-state index in [0.717, 1.165) is 12.8 Å². The third-order valence-corrected chi connectivity index (χ3v) is 4.29. The Hall–Kier alpha value is -2.18. The zero-order valence-corrected chi connectivity index (χ0v) is 16.4. The van der Waals surface area contributed by atoms with E-state index in [9.17, 15) is 9.59 Å². The van der Waals surface area contributed by atoms with E-state index in [4.69, 9.17) is 4.74 Å². The van der Waals surface area contributed by atoms with Gasteiger partial charge in [-0.05, 0) is 53.4 Å². The van der Waals surface area contributed by atoms with Gasteiger partial charge in [0.2, 0.25) is 0 Å². The van der Waals surface area contributed by atoms with E-state index in [0.29, 0.717) is 25.3 Å². The summed E-state index contributed by atoms with van der Waals surface area (Å²) < 4.78 is 5.53. The van der Waals surface area contributed by atoms with Crippen LogP contribution in [0.25, 0.3) is 0 Å². The third-order valence-electron chi connectivity index (χ3n) is 4.29. The Balaban J connectivity index is 2.01. The zero-order chi connectivity index (χ0) is 19.3. The van der Waals surface area contributed by atoms with Gasteiger partial charge in [0, 0.05) is 38.1 Å². The fraction of sp³-hybridized carbons (Fsp3) is 0.684. The highest BCUT2D eigenvalue weighted by Crippen LogP contribution is 2.21. The minimum absolute atomic E-state index is 0.0379. The standard InChI is InChI=1S/C19H30N4O3/c1-14(2)23(18(25)26-19(3,4)5)13-15-7-6-10-22(12-15)17(24)16-11-20-8-9-21-16/h8-9,11,14-15H,6-7,10,12-13H2,1-5H3. The topological polar surface area (TPSA) is 75.6 Å². The number of aromatic nitrogens is 2. The quantitative estimate of drug-likeness (QED) is 0.823. The van der Waals surface area contributed by atoms with Gasteiger partial charge in [0.15, 0.2) is 0 Å². The van der Waals surface area contributed by atoms with Gasteiger partial charge in [-0.1, -0.05) is 0 Å². The number of likely N-dealkylation sites (tertiary alicyclic amines) is 1. The molecule has 26 heavy (non-hydrogen) atoms. The lowest BCUT2D eigenvalue weighted by Crippen LogP contribution is -2.48. The van der Waals surface area contributed by atoms with Gasteiger partial charge in [-0.25, -0.2) is 9.78 Å². The average molecular weight is 362 g/mol. The second kappa shape index (κ2) is 8.47. The summed E-state index contributed by atoms with van der Waals surface area (Å²) in [6.07, 6.45) is 6.17. The van der Waals surface area contributed by atoms with Crippen LogP contribution >= 0.6 is 0 Å². The van der Waals surface area contributed by atoms with Crippen molar-refractivity contribution in [2.24, 2.45) is 5.92 Å². The molecule has 1 aromatic heterocycles. The number of carbonyl (C=O) groups excluding carboxylic acids is 2. The van der Waals surface area contributed by atoms with E-state index >= 15 is 0 Å². The van der Waals surface area contributed by atoms with E-state index < -0.39 is 5.60 Å². The molecule has 2 rings (SSSR count). The summed E-state index contributed by atoms with van der Waals surface area (Å²) >= 11 is 0. The van der Waals surface area contributed by atoms with E-state index in [2.05, 4.69) is 9.97 Å². The number of piperidine rings is 1. The summed E-state index contributed by atoms with van der Waals surface area (Å²) in [6.45, 7) is 11.5. The number of rotatable bonds is 4. The zero-order valence-electron chi connectivity index (χ0n) is 16.4. The molecule has 2 amide bonds. The van der Waals surface area contributed by atoms with Crippen molar-refractivity contribution >= 4 is 12.0 Å². The van der Waals surface area contributed by atoms with Gasteiger partial charge in [-0.3, -0.25) is 9.78 Å². The molecule has 1 aliphatic rings. The second-order valence-corrected chi connectivity index (χ2v) is 8.08. The number of nitrogens with zero attached hydrogens (tertiary/aromatic N) is 4. The Morgan fingerprint density at radius 2 is 2.08 bits per heavy atom. The van der Waals surface area contributed by atoms with Crippen LogP contribution in [0.2, 0.25) is 0 Å². The van der Waals surface area contributed by atoms with E-state index in [1.807, 2.05) is 39.5 Å².